The predicted molar refractivity (Wildman–Crippen MR) is 136 cm³/mol. The lowest BCUT2D eigenvalue weighted by atomic mass is 9.59. The number of hydrogen-bond acceptors (Lipinski definition) is 8. The predicted octanol–water partition coefficient (Wildman–Crippen LogP) is 3.58. The summed E-state index contributed by atoms with van der Waals surface area (Å²) in [6.45, 7) is 12.7. The molecular weight excluding hydrogens is 466 g/mol. The highest BCUT2D eigenvalue weighted by Crippen LogP contribution is 2.51. The van der Waals surface area contributed by atoms with Gasteiger partial charge < -0.3 is 38.9 Å². The molecule has 1 aliphatic rings. The van der Waals surface area contributed by atoms with Gasteiger partial charge in [-0.05, 0) is 24.3 Å². The second-order valence-electron chi connectivity index (χ2n) is 10.0. The minimum atomic E-state index is -0.711. The fraction of sp³-hybridized carbons (Fsp3) is 0.741. The van der Waals surface area contributed by atoms with Crippen molar-refractivity contribution in [3.05, 3.63) is 35.9 Å². The van der Waals surface area contributed by atoms with Gasteiger partial charge in [-0.2, -0.15) is 0 Å². The van der Waals surface area contributed by atoms with Crippen LogP contribution in [0.2, 0.25) is 0 Å². The Balaban J connectivity index is 1.28. The van der Waals surface area contributed by atoms with Crippen molar-refractivity contribution in [3.63, 3.8) is 0 Å². The standard InChI is InChI=1S/C27H45NO8/c1-26(2,3)27(36-25(28)29)19-24(20-27)22-35-18-16-33-14-12-31-10-9-30-11-13-32-15-17-34-21-23-7-5-4-6-8-23/h4-8,24H,9-22H2,1-3H3,(H2,28,29). The van der Waals surface area contributed by atoms with Crippen molar-refractivity contribution in [2.75, 3.05) is 72.7 Å². The number of rotatable bonds is 20. The largest absolute Gasteiger partial charge is 0.443 e. The molecule has 1 aromatic rings. The molecule has 9 nitrogen and oxygen atoms in total. The average molecular weight is 512 g/mol. The van der Waals surface area contributed by atoms with E-state index in [1.807, 2.05) is 30.3 Å². The Morgan fingerprint density at radius 1 is 0.778 bits per heavy atom. The van der Waals surface area contributed by atoms with Crippen LogP contribution in [0, 0.1) is 11.3 Å². The summed E-state index contributed by atoms with van der Waals surface area (Å²) in [7, 11) is 0. The Morgan fingerprint density at radius 3 is 1.67 bits per heavy atom. The number of ether oxygens (including phenoxy) is 7. The molecule has 0 aliphatic heterocycles. The topological polar surface area (TPSA) is 108 Å². The van der Waals surface area contributed by atoms with Crippen LogP contribution < -0.4 is 5.73 Å². The van der Waals surface area contributed by atoms with E-state index in [1.165, 1.54) is 0 Å². The number of primary amides is 1. The highest BCUT2D eigenvalue weighted by Gasteiger charge is 2.54. The zero-order chi connectivity index (χ0) is 26.1. The van der Waals surface area contributed by atoms with Gasteiger partial charge in [-0.1, -0.05) is 51.1 Å². The van der Waals surface area contributed by atoms with Gasteiger partial charge in [0, 0.05) is 12.0 Å². The van der Waals surface area contributed by atoms with Crippen molar-refractivity contribution < 1.29 is 38.0 Å². The van der Waals surface area contributed by atoms with Crippen molar-refractivity contribution in [1.29, 1.82) is 0 Å². The van der Waals surface area contributed by atoms with Crippen LogP contribution in [0.4, 0.5) is 4.79 Å². The number of carbonyl (C=O) groups is 1. The summed E-state index contributed by atoms with van der Waals surface area (Å²) >= 11 is 0. The van der Waals surface area contributed by atoms with Gasteiger partial charge in [-0.15, -0.1) is 0 Å². The minimum absolute atomic E-state index is 0.154. The summed E-state index contributed by atoms with van der Waals surface area (Å²) in [6, 6.07) is 10.1. The highest BCUT2D eigenvalue weighted by atomic mass is 16.6. The van der Waals surface area contributed by atoms with Gasteiger partial charge in [0.05, 0.1) is 72.7 Å². The lowest BCUT2D eigenvalue weighted by molar-refractivity contribution is -0.161. The van der Waals surface area contributed by atoms with Gasteiger partial charge in [0.25, 0.3) is 0 Å². The van der Waals surface area contributed by atoms with E-state index in [4.69, 9.17) is 38.9 Å². The first-order valence-electron chi connectivity index (χ1n) is 12.8. The van der Waals surface area contributed by atoms with E-state index in [9.17, 15) is 4.79 Å². The summed E-state index contributed by atoms with van der Waals surface area (Å²) in [5.74, 6) is 0.366. The highest BCUT2D eigenvalue weighted by molar-refractivity contribution is 5.65. The van der Waals surface area contributed by atoms with Crippen LogP contribution in [0.3, 0.4) is 0 Å². The first-order valence-corrected chi connectivity index (χ1v) is 12.8. The van der Waals surface area contributed by atoms with E-state index in [0.717, 1.165) is 18.4 Å². The monoisotopic (exact) mass is 511 g/mol. The minimum Gasteiger partial charge on any atom is -0.443 e. The molecule has 0 aromatic heterocycles. The SMILES string of the molecule is CC(C)(C)C1(OC(N)=O)CC(COCCOCCOCCOCCOCCOCc2ccccc2)C1. The lowest BCUT2D eigenvalue weighted by Gasteiger charge is -2.53. The molecule has 1 saturated carbocycles. The summed E-state index contributed by atoms with van der Waals surface area (Å²) < 4.78 is 38.7. The van der Waals surface area contributed by atoms with Crippen LogP contribution >= 0.6 is 0 Å². The lowest BCUT2D eigenvalue weighted by Crippen LogP contribution is -2.58. The molecule has 0 bridgehead atoms. The molecule has 0 unspecified atom stereocenters. The van der Waals surface area contributed by atoms with E-state index >= 15 is 0 Å². The molecule has 0 spiro atoms. The van der Waals surface area contributed by atoms with Gasteiger partial charge in [-0.3, -0.25) is 0 Å². The summed E-state index contributed by atoms with van der Waals surface area (Å²) in [4.78, 5) is 11.2. The molecule has 206 valence electrons. The van der Waals surface area contributed by atoms with Crippen molar-refractivity contribution in [1.82, 2.24) is 0 Å². The number of nitrogens with two attached hydrogens (primary N) is 1. The van der Waals surface area contributed by atoms with Crippen molar-refractivity contribution in [2.45, 2.75) is 45.8 Å². The molecule has 0 atom stereocenters. The Kier molecular flexibility index (Phi) is 14.3. The van der Waals surface area contributed by atoms with E-state index in [1.54, 1.807) is 0 Å². The third-order valence-corrected chi connectivity index (χ3v) is 6.22. The quantitative estimate of drug-likeness (QED) is 0.265. The Bertz CT molecular complexity index is 703. The Morgan fingerprint density at radius 2 is 1.22 bits per heavy atom. The number of benzene rings is 1. The van der Waals surface area contributed by atoms with Crippen LogP contribution in [0.5, 0.6) is 0 Å². The maximum Gasteiger partial charge on any atom is 0.405 e. The van der Waals surface area contributed by atoms with E-state index in [2.05, 4.69) is 20.8 Å². The van der Waals surface area contributed by atoms with E-state index < -0.39 is 11.7 Å². The smallest absolute Gasteiger partial charge is 0.405 e. The third kappa shape index (κ3) is 12.0. The first kappa shape index (κ1) is 30.5. The number of amides is 1. The molecule has 36 heavy (non-hydrogen) atoms. The maximum absolute atomic E-state index is 11.2. The fourth-order valence-electron chi connectivity index (χ4n) is 4.04. The number of hydrogen-bond donors (Lipinski definition) is 1. The number of carbonyl (C=O) groups excluding carboxylic acids is 1. The zero-order valence-electron chi connectivity index (χ0n) is 22.2. The van der Waals surface area contributed by atoms with Crippen molar-refractivity contribution in [2.24, 2.45) is 17.1 Å². The normalized spacial score (nSPS) is 19.7. The molecule has 2 N–H and O–H groups in total. The molecule has 1 aromatic carbocycles. The molecule has 1 amide bonds. The first-order chi connectivity index (χ1) is 17.3. The van der Waals surface area contributed by atoms with Gasteiger partial charge in [-0.25, -0.2) is 4.79 Å². The summed E-state index contributed by atoms with van der Waals surface area (Å²) in [5, 5.41) is 0. The molecule has 9 heteroatoms. The molecule has 0 saturated heterocycles. The van der Waals surface area contributed by atoms with Crippen LogP contribution in [-0.2, 0) is 39.8 Å². The molecule has 0 heterocycles. The van der Waals surface area contributed by atoms with Crippen molar-refractivity contribution in [3.8, 4) is 0 Å². The summed E-state index contributed by atoms with van der Waals surface area (Å²) in [5.41, 5.74) is 5.77. The second kappa shape index (κ2) is 16.9. The van der Waals surface area contributed by atoms with Crippen LogP contribution in [0.25, 0.3) is 0 Å². The van der Waals surface area contributed by atoms with Gasteiger partial charge in [0.15, 0.2) is 0 Å². The van der Waals surface area contributed by atoms with E-state index in [-0.39, 0.29) is 5.41 Å². The molecule has 1 fully saturated rings. The average Bonchev–Trinajstić information content (AvgIpc) is 2.81. The van der Waals surface area contributed by atoms with Gasteiger partial charge in [0.1, 0.15) is 5.60 Å². The second-order valence-corrected chi connectivity index (χ2v) is 10.0. The third-order valence-electron chi connectivity index (χ3n) is 6.22. The van der Waals surface area contributed by atoms with Crippen LogP contribution in [-0.4, -0.2) is 84.4 Å². The molecule has 0 radical (unpaired) electrons. The zero-order valence-corrected chi connectivity index (χ0v) is 22.2. The molecule has 1 aliphatic carbocycles. The van der Waals surface area contributed by atoms with Crippen LogP contribution in [0.1, 0.15) is 39.2 Å². The van der Waals surface area contributed by atoms with Crippen LogP contribution in [0.15, 0.2) is 30.3 Å². The fourth-order valence-corrected chi connectivity index (χ4v) is 4.04. The molecular formula is C27H45NO8. The van der Waals surface area contributed by atoms with Gasteiger partial charge in [0.2, 0.25) is 0 Å². The van der Waals surface area contributed by atoms with Gasteiger partial charge >= 0.3 is 6.09 Å². The maximum atomic E-state index is 11.2. The Hall–Kier alpha value is -1.75. The van der Waals surface area contributed by atoms with E-state index in [0.29, 0.717) is 85.2 Å². The summed E-state index contributed by atoms with van der Waals surface area (Å²) in [6.07, 6.45) is 0.827. The van der Waals surface area contributed by atoms with Crippen molar-refractivity contribution >= 4 is 6.09 Å². The Labute approximate surface area is 215 Å². The molecule has 2 rings (SSSR count).